The Labute approximate surface area is 94.3 Å². The van der Waals surface area contributed by atoms with E-state index in [1.165, 1.54) is 6.42 Å². The van der Waals surface area contributed by atoms with Crippen molar-refractivity contribution in [2.75, 3.05) is 5.32 Å². The van der Waals surface area contributed by atoms with Crippen LogP contribution in [0.15, 0.2) is 22.8 Å². The SMILES string of the molecule is CCCC(C)(C)Nc1ncccc1Br. The lowest BCUT2D eigenvalue weighted by Gasteiger charge is -2.26. The molecule has 0 unspecified atom stereocenters. The van der Waals surface area contributed by atoms with E-state index < -0.39 is 0 Å². The Hall–Kier alpha value is -0.570. The molecule has 0 saturated carbocycles. The number of hydrogen-bond donors (Lipinski definition) is 1. The Kier molecular flexibility index (Phi) is 3.93. The third-order valence-electron chi connectivity index (χ3n) is 2.09. The first-order chi connectivity index (χ1) is 6.55. The summed E-state index contributed by atoms with van der Waals surface area (Å²) >= 11 is 3.48. The van der Waals surface area contributed by atoms with Gasteiger partial charge in [-0.1, -0.05) is 13.3 Å². The molecule has 14 heavy (non-hydrogen) atoms. The van der Waals surface area contributed by atoms with E-state index in [-0.39, 0.29) is 5.54 Å². The normalized spacial score (nSPS) is 11.4. The Balaban J connectivity index is 2.73. The summed E-state index contributed by atoms with van der Waals surface area (Å²) in [5.74, 6) is 0.922. The molecule has 0 fully saturated rings. The number of nitrogens with zero attached hydrogens (tertiary/aromatic N) is 1. The van der Waals surface area contributed by atoms with E-state index in [2.05, 4.69) is 47.0 Å². The van der Waals surface area contributed by atoms with Crippen LogP contribution in [0.25, 0.3) is 0 Å². The fourth-order valence-corrected chi connectivity index (χ4v) is 1.84. The van der Waals surface area contributed by atoms with Crippen LogP contribution in [-0.2, 0) is 0 Å². The maximum Gasteiger partial charge on any atom is 0.140 e. The standard InChI is InChI=1S/C11H17BrN2/c1-4-7-11(2,3)14-10-9(12)6-5-8-13-10/h5-6,8H,4,7H2,1-3H3,(H,13,14). The lowest BCUT2D eigenvalue weighted by Crippen LogP contribution is -2.31. The van der Waals surface area contributed by atoms with Crippen molar-refractivity contribution in [3.63, 3.8) is 0 Å². The molecule has 78 valence electrons. The van der Waals surface area contributed by atoms with E-state index in [9.17, 15) is 0 Å². The quantitative estimate of drug-likeness (QED) is 0.886. The minimum absolute atomic E-state index is 0.103. The van der Waals surface area contributed by atoms with Crippen molar-refractivity contribution in [3.05, 3.63) is 22.8 Å². The van der Waals surface area contributed by atoms with Gasteiger partial charge in [-0.05, 0) is 48.3 Å². The fourth-order valence-electron chi connectivity index (χ4n) is 1.49. The number of pyridine rings is 1. The molecule has 0 amide bonds. The number of halogens is 1. The summed E-state index contributed by atoms with van der Waals surface area (Å²) < 4.78 is 1.02. The van der Waals surface area contributed by atoms with E-state index in [0.29, 0.717) is 0 Å². The molecule has 0 aliphatic rings. The molecule has 1 N–H and O–H groups in total. The minimum atomic E-state index is 0.103. The van der Waals surface area contributed by atoms with Gasteiger partial charge in [-0.2, -0.15) is 0 Å². The number of nitrogens with one attached hydrogen (secondary N) is 1. The zero-order valence-electron chi connectivity index (χ0n) is 8.97. The predicted molar refractivity (Wildman–Crippen MR) is 64.5 cm³/mol. The molecular formula is C11H17BrN2. The topological polar surface area (TPSA) is 24.9 Å². The fraction of sp³-hybridized carbons (Fsp3) is 0.545. The molecule has 1 rings (SSSR count). The van der Waals surface area contributed by atoms with Gasteiger partial charge in [0.2, 0.25) is 0 Å². The second-order valence-corrected chi connectivity index (χ2v) is 4.95. The molecule has 1 heterocycles. The largest absolute Gasteiger partial charge is 0.364 e. The molecular weight excluding hydrogens is 240 g/mol. The van der Waals surface area contributed by atoms with Crippen LogP contribution in [0.4, 0.5) is 5.82 Å². The third-order valence-corrected chi connectivity index (χ3v) is 2.73. The van der Waals surface area contributed by atoms with Gasteiger partial charge in [-0.25, -0.2) is 4.98 Å². The number of hydrogen-bond acceptors (Lipinski definition) is 2. The molecule has 0 aliphatic heterocycles. The van der Waals surface area contributed by atoms with Crippen LogP contribution >= 0.6 is 15.9 Å². The van der Waals surface area contributed by atoms with Gasteiger partial charge >= 0.3 is 0 Å². The number of aromatic nitrogens is 1. The van der Waals surface area contributed by atoms with Gasteiger partial charge in [0.25, 0.3) is 0 Å². The minimum Gasteiger partial charge on any atom is -0.364 e. The van der Waals surface area contributed by atoms with Crippen molar-refractivity contribution in [1.82, 2.24) is 4.98 Å². The van der Waals surface area contributed by atoms with Gasteiger partial charge < -0.3 is 5.32 Å². The van der Waals surface area contributed by atoms with E-state index in [1.807, 2.05) is 12.1 Å². The van der Waals surface area contributed by atoms with Gasteiger partial charge in [0.1, 0.15) is 5.82 Å². The van der Waals surface area contributed by atoms with Crippen LogP contribution in [0.5, 0.6) is 0 Å². The summed E-state index contributed by atoms with van der Waals surface area (Å²) in [6.45, 7) is 6.58. The molecule has 0 radical (unpaired) electrons. The maximum absolute atomic E-state index is 4.29. The summed E-state index contributed by atoms with van der Waals surface area (Å²) in [6, 6.07) is 3.92. The highest BCUT2D eigenvalue weighted by Gasteiger charge is 2.17. The van der Waals surface area contributed by atoms with Crippen LogP contribution in [0.1, 0.15) is 33.6 Å². The van der Waals surface area contributed by atoms with Crippen molar-refractivity contribution in [2.45, 2.75) is 39.2 Å². The van der Waals surface area contributed by atoms with E-state index >= 15 is 0 Å². The Morgan fingerprint density at radius 2 is 2.21 bits per heavy atom. The van der Waals surface area contributed by atoms with Crippen LogP contribution in [0.2, 0.25) is 0 Å². The number of rotatable bonds is 4. The highest BCUT2D eigenvalue weighted by Crippen LogP contribution is 2.24. The molecule has 3 heteroatoms. The number of anilines is 1. The summed E-state index contributed by atoms with van der Waals surface area (Å²) in [7, 11) is 0. The van der Waals surface area contributed by atoms with Crippen molar-refractivity contribution in [1.29, 1.82) is 0 Å². The molecule has 1 aromatic rings. The summed E-state index contributed by atoms with van der Waals surface area (Å²) in [5.41, 5.74) is 0.103. The lowest BCUT2D eigenvalue weighted by molar-refractivity contribution is 0.509. The van der Waals surface area contributed by atoms with Crippen LogP contribution in [0.3, 0.4) is 0 Å². The van der Waals surface area contributed by atoms with Gasteiger partial charge in [0.15, 0.2) is 0 Å². The first-order valence-corrected chi connectivity index (χ1v) is 5.73. The molecule has 0 spiro atoms. The molecule has 0 bridgehead atoms. The summed E-state index contributed by atoms with van der Waals surface area (Å²) in [4.78, 5) is 4.29. The van der Waals surface area contributed by atoms with Crippen molar-refractivity contribution in [3.8, 4) is 0 Å². The summed E-state index contributed by atoms with van der Waals surface area (Å²) in [5, 5.41) is 3.43. The van der Waals surface area contributed by atoms with Gasteiger partial charge in [-0.15, -0.1) is 0 Å². The zero-order chi connectivity index (χ0) is 10.6. The van der Waals surface area contributed by atoms with E-state index in [1.54, 1.807) is 6.20 Å². The van der Waals surface area contributed by atoms with E-state index in [4.69, 9.17) is 0 Å². The lowest BCUT2D eigenvalue weighted by atomic mass is 9.99. The molecule has 0 aromatic carbocycles. The van der Waals surface area contributed by atoms with Crippen LogP contribution in [-0.4, -0.2) is 10.5 Å². The Morgan fingerprint density at radius 3 is 2.79 bits per heavy atom. The Morgan fingerprint density at radius 1 is 1.50 bits per heavy atom. The van der Waals surface area contributed by atoms with Crippen molar-refractivity contribution < 1.29 is 0 Å². The molecule has 0 saturated heterocycles. The highest BCUT2D eigenvalue weighted by molar-refractivity contribution is 9.10. The molecule has 2 nitrogen and oxygen atoms in total. The molecule has 0 atom stereocenters. The van der Waals surface area contributed by atoms with Gasteiger partial charge in [0, 0.05) is 11.7 Å². The molecule has 0 aliphatic carbocycles. The summed E-state index contributed by atoms with van der Waals surface area (Å²) in [6.07, 6.45) is 4.11. The first-order valence-electron chi connectivity index (χ1n) is 4.94. The Bertz CT molecular complexity index is 297. The maximum atomic E-state index is 4.29. The first kappa shape index (κ1) is 11.5. The van der Waals surface area contributed by atoms with Gasteiger partial charge in [-0.3, -0.25) is 0 Å². The zero-order valence-corrected chi connectivity index (χ0v) is 10.6. The smallest absolute Gasteiger partial charge is 0.140 e. The molecule has 1 aromatic heterocycles. The average molecular weight is 257 g/mol. The van der Waals surface area contributed by atoms with Crippen molar-refractivity contribution >= 4 is 21.7 Å². The van der Waals surface area contributed by atoms with Gasteiger partial charge in [0.05, 0.1) is 4.47 Å². The van der Waals surface area contributed by atoms with Crippen molar-refractivity contribution in [2.24, 2.45) is 0 Å². The monoisotopic (exact) mass is 256 g/mol. The van der Waals surface area contributed by atoms with Crippen LogP contribution in [0, 0.1) is 0 Å². The second-order valence-electron chi connectivity index (χ2n) is 4.09. The van der Waals surface area contributed by atoms with E-state index in [0.717, 1.165) is 16.7 Å². The second kappa shape index (κ2) is 4.78. The predicted octanol–water partition coefficient (Wildman–Crippen LogP) is 3.83. The van der Waals surface area contributed by atoms with Crippen LogP contribution < -0.4 is 5.32 Å². The highest BCUT2D eigenvalue weighted by atomic mass is 79.9. The third kappa shape index (κ3) is 3.29. The average Bonchev–Trinajstić information content (AvgIpc) is 2.08.